The van der Waals surface area contributed by atoms with Gasteiger partial charge in [0.15, 0.2) is 6.29 Å². The third-order valence-electron chi connectivity index (χ3n) is 15.0. The summed E-state index contributed by atoms with van der Waals surface area (Å²) in [5, 5.41) is 54.7. The number of carbonyl (C=O) groups excluding carboxylic acids is 1. The number of nitrogens with one attached hydrogen (secondary N) is 1. The average Bonchev–Trinajstić information content (AvgIpc) is 3.52. The van der Waals surface area contributed by atoms with E-state index < -0.39 is 49.5 Å². The average molecular weight is 1140 g/mol. The van der Waals surface area contributed by atoms with Gasteiger partial charge >= 0.3 is 0 Å². The number of unbranched alkanes of at least 4 members (excludes halogenated alkanes) is 26. The molecule has 0 saturated carbocycles. The minimum absolute atomic E-state index is 0.204. The second-order valence-electron chi connectivity index (χ2n) is 22.5. The fourth-order valence-corrected chi connectivity index (χ4v) is 9.77. The number of allylic oxidation sites excluding steroid dienone is 21. The summed E-state index contributed by atoms with van der Waals surface area (Å²) in [6, 6.07) is -0.830. The molecule has 0 bridgehead atoms. The van der Waals surface area contributed by atoms with E-state index in [1.54, 1.807) is 6.08 Å². The van der Waals surface area contributed by atoms with Crippen molar-refractivity contribution in [2.75, 3.05) is 13.2 Å². The highest BCUT2D eigenvalue weighted by Crippen LogP contribution is 2.23. The molecule has 0 aliphatic carbocycles. The quantitative estimate of drug-likeness (QED) is 0.0261. The summed E-state index contributed by atoms with van der Waals surface area (Å²) in [6.07, 6.45) is 85.3. The normalized spacial score (nSPS) is 19.2. The highest BCUT2D eigenvalue weighted by Gasteiger charge is 2.44. The number of ether oxygens (including phenoxy) is 2. The van der Waals surface area contributed by atoms with Crippen molar-refractivity contribution in [1.82, 2.24) is 5.32 Å². The van der Waals surface area contributed by atoms with Gasteiger partial charge in [0.25, 0.3) is 0 Å². The number of carbonyl (C=O) groups is 1. The van der Waals surface area contributed by atoms with E-state index in [-0.39, 0.29) is 12.5 Å². The summed E-state index contributed by atoms with van der Waals surface area (Å²) in [6.45, 7) is 3.66. The topological polar surface area (TPSA) is 149 Å². The van der Waals surface area contributed by atoms with E-state index >= 15 is 0 Å². The maximum Gasteiger partial charge on any atom is 0.220 e. The predicted octanol–water partition coefficient (Wildman–Crippen LogP) is 18.0. The second kappa shape index (κ2) is 60.5. The van der Waals surface area contributed by atoms with Gasteiger partial charge in [0.05, 0.1) is 25.4 Å². The Morgan fingerprint density at radius 3 is 1.12 bits per heavy atom. The largest absolute Gasteiger partial charge is 0.394 e. The third kappa shape index (κ3) is 48.7. The maximum atomic E-state index is 13.1. The molecule has 1 saturated heterocycles. The van der Waals surface area contributed by atoms with Gasteiger partial charge in [-0.05, 0) is 96.3 Å². The molecule has 0 aromatic carbocycles. The van der Waals surface area contributed by atoms with Crippen LogP contribution in [0, 0.1) is 0 Å². The zero-order chi connectivity index (χ0) is 59.3. The molecule has 1 amide bonds. The number of rotatable bonds is 56. The minimum Gasteiger partial charge on any atom is -0.394 e. The first-order valence-electron chi connectivity index (χ1n) is 33.4. The molecule has 0 aromatic rings. The summed E-state index contributed by atoms with van der Waals surface area (Å²) < 4.78 is 11.3. The smallest absolute Gasteiger partial charge is 0.220 e. The lowest BCUT2D eigenvalue weighted by Gasteiger charge is -2.40. The molecule has 9 nitrogen and oxygen atoms in total. The molecule has 0 spiro atoms. The van der Waals surface area contributed by atoms with Gasteiger partial charge in [-0.25, -0.2) is 0 Å². The molecule has 7 unspecified atom stereocenters. The molecule has 9 heteroatoms. The molecule has 0 aromatic heterocycles. The minimum atomic E-state index is -1.58. The number of amides is 1. The third-order valence-corrected chi connectivity index (χ3v) is 15.0. The summed E-state index contributed by atoms with van der Waals surface area (Å²) in [7, 11) is 0. The first-order chi connectivity index (χ1) is 40.3. The molecule has 1 heterocycles. The van der Waals surface area contributed by atoms with Crippen molar-refractivity contribution in [3.05, 3.63) is 134 Å². The van der Waals surface area contributed by atoms with Crippen molar-refractivity contribution >= 4 is 5.91 Å². The van der Waals surface area contributed by atoms with Crippen LogP contribution in [0.3, 0.4) is 0 Å². The van der Waals surface area contributed by atoms with E-state index in [2.05, 4.69) is 141 Å². The molecule has 1 aliphatic rings. The van der Waals surface area contributed by atoms with Crippen LogP contribution >= 0.6 is 0 Å². The van der Waals surface area contributed by atoms with E-state index in [0.717, 1.165) is 116 Å². The van der Waals surface area contributed by atoms with Crippen LogP contribution in [0.25, 0.3) is 0 Å². The van der Waals surface area contributed by atoms with Crippen LogP contribution in [-0.2, 0) is 14.3 Å². The number of hydrogen-bond donors (Lipinski definition) is 6. The van der Waals surface area contributed by atoms with Crippen molar-refractivity contribution in [3.8, 4) is 0 Å². The summed E-state index contributed by atoms with van der Waals surface area (Å²) in [5.74, 6) is -0.204. The van der Waals surface area contributed by atoms with Gasteiger partial charge in [-0.2, -0.15) is 0 Å². The molecule has 468 valence electrons. The van der Waals surface area contributed by atoms with Gasteiger partial charge in [0, 0.05) is 6.42 Å². The lowest BCUT2D eigenvalue weighted by atomic mass is 9.99. The molecule has 82 heavy (non-hydrogen) atoms. The summed E-state index contributed by atoms with van der Waals surface area (Å²) in [4.78, 5) is 13.1. The van der Waals surface area contributed by atoms with Crippen LogP contribution in [-0.4, -0.2) is 87.5 Å². The standard InChI is InChI=1S/C73H123NO8/c1-3-5-7-9-11-13-15-17-19-21-23-25-27-29-30-31-32-33-34-35-36-37-38-39-41-43-45-47-49-51-53-55-57-59-61-63-69(77)74-66(65-81-73-72(80)71(79)70(78)68(64-75)82-73)67(76)62-60-58-56-54-52-50-48-46-44-42-40-28-26-24-22-20-18-16-14-12-10-8-6-4-2/h5,7,11,13,17,19,23,25,29-30,32-33,35-36,38-39,43,45,49,51,60,62,66-68,70-73,75-76,78-80H,3-4,6,8-10,12,14-16,18,20-22,24,26-28,31,34,37,40-42,44,46-48,50,52-59,61,63-65H2,1-2H3,(H,74,77)/b7-5-,13-11-,19-17-,25-23-,30-29-,33-32-,36-35-,39-38-,45-43-,51-49-,62-60+. The van der Waals surface area contributed by atoms with Crippen LogP contribution < -0.4 is 5.32 Å². The highest BCUT2D eigenvalue weighted by molar-refractivity contribution is 5.76. The fourth-order valence-electron chi connectivity index (χ4n) is 9.77. The van der Waals surface area contributed by atoms with Gasteiger partial charge in [-0.1, -0.05) is 295 Å². The summed E-state index contributed by atoms with van der Waals surface area (Å²) in [5.41, 5.74) is 0. The molecule has 1 fully saturated rings. The zero-order valence-electron chi connectivity index (χ0n) is 52.2. The number of hydrogen-bond acceptors (Lipinski definition) is 8. The van der Waals surface area contributed by atoms with Crippen LogP contribution in [0.2, 0.25) is 0 Å². The van der Waals surface area contributed by atoms with E-state index in [9.17, 15) is 30.3 Å². The SMILES string of the molecule is CC/C=C\C/C=C\C/C=C\C/C=C\C/C=C\C/C=C\C/C=C\C/C=C\C/C=C\C/C=C\CCCCCCC(=O)NC(COC1OC(CO)C(O)C(O)C1O)C(O)/C=C/CCCCCCCCCCCCCCCCCCCCCCCC. The van der Waals surface area contributed by atoms with E-state index in [4.69, 9.17) is 9.47 Å². The lowest BCUT2D eigenvalue weighted by Crippen LogP contribution is -2.60. The number of aliphatic hydroxyl groups excluding tert-OH is 5. The van der Waals surface area contributed by atoms with Crippen molar-refractivity contribution in [1.29, 1.82) is 0 Å². The van der Waals surface area contributed by atoms with Gasteiger partial charge in [0.1, 0.15) is 24.4 Å². The Hall–Kier alpha value is -3.67. The van der Waals surface area contributed by atoms with Crippen molar-refractivity contribution in [3.63, 3.8) is 0 Å². The van der Waals surface area contributed by atoms with Crippen molar-refractivity contribution in [2.24, 2.45) is 0 Å². The van der Waals surface area contributed by atoms with Gasteiger partial charge in [-0.3, -0.25) is 4.79 Å². The van der Waals surface area contributed by atoms with Gasteiger partial charge in [-0.15, -0.1) is 0 Å². The highest BCUT2D eigenvalue weighted by atomic mass is 16.7. The Labute approximate surface area is 502 Å². The van der Waals surface area contributed by atoms with Gasteiger partial charge < -0.3 is 40.3 Å². The lowest BCUT2D eigenvalue weighted by molar-refractivity contribution is -0.302. The Kier molecular flexibility index (Phi) is 56.3. The fraction of sp³-hybridized carbons (Fsp3) is 0.685. The van der Waals surface area contributed by atoms with Crippen molar-refractivity contribution < 1.29 is 39.8 Å². The predicted molar refractivity (Wildman–Crippen MR) is 350 cm³/mol. The molecule has 6 N–H and O–H groups in total. The first kappa shape index (κ1) is 76.3. The molecule has 0 radical (unpaired) electrons. The molecular weight excluding hydrogens is 1020 g/mol. The second-order valence-corrected chi connectivity index (χ2v) is 22.5. The monoisotopic (exact) mass is 1140 g/mol. The molecule has 7 atom stereocenters. The maximum absolute atomic E-state index is 13.1. The van der Waals surface area contributed by atoms with E-state index in [1.165, 1.54) is 128 Å². The van der Waals surface area contributed by atoms with Crippen LogP contribution in [0.15, 0.2) is 134 Å². The Morgan fingerprint density at radius 1 is 0.427 bits per heavy atom. The molecule has 1 rings (SSSR count). The molecular formula is C73H123NO8. The van der Waals surface area contributed by atoms with Crippen LogP contribution in [0.4, 0.5) is 0 Å². The Morgan fingerprint density at radius 2 is 0.756 bits per heavy atom. The van der Waals surface area contributed by atoms with Crippen LogP contribution in [0.5, 0.6) is 0 Å². The first-order valence-corrected chi connectivity index (χ1v) is 33.4. The number of aliphatic hydroxyl groups is 5. The van der Waals surface area contributed by atoms with E-state index in [1.807, 2.05) is 6.08 Å². The van der Waals surface area contributed by atoms with Crippen molar-refractivity contribution in [2.45, 2.75) is 307 Å². The summed E-state index contributed by atoms with van der Waals surface area (Å²) >= 11 is 0. The van der Waals surface area contributed by atoms with Crippen LogP contribution in [0.1, 0.15) is 264 Å². The molecule has 1 aliphatic heterocycles. The Bertz CT molecular complexity index is 1750. The Balaban J connectivity index is 2.22. The van der Waals surface area contributed by atoms with Gasteiger partial charge in [0.2, 0.25) is 5.91 Å². The van der Waals surface area contributed by atoms with E-state index in [0.29, 0.717) is 6.42 Å². The zero-order valence-corrected chi connectivity index (χ0v) is 52.2.